The van der Waals surface area contributed by atoms with Gasteiger partial charge in [0.25, 0.3) is 0 Å². The summed E-state index contributed by atoms with van der Waals surface area (Å²) in [5.74, 6) is 0.158. The molecule has 0 unspecified atom stereocenters. The predicted octanol–water partition coefficient (Wildman–Crippen LogP) is -2.43. The maximum atomic E-state index is 10.8. The van der Waals surface area contributed by atoms with Gasteiger partial charge in [0.2, 0.25) is 0 Å². The molecule has 0 bridgehead atoms. The highest BCUT2D eigenvalue weighted by Gasteiger charge is 2.45. The summed E-state index contributed by atoms with van der Waals surface area (Å²) >= 11 is 0. The van der Waals surface area contributed by atoms with Gasteiger partial charge in [-0.3, -0.25) is 4.55 Å². The smallest absolute Gasteiger partial charge is 0.333 e. The molecule has 0 radical (unpaired) electrons. The third kappa shape index (κ3) is 3.48. The molecule has 0 amide bonds. The van der Waals surface area contributed by atoms with E-state index in [1.165, 1.54) is 18.1 Å². The van der Waals surface area contributed by atoms with Gasteiger partial charge in [0, 0.05) is 13.7 Å². The molecule has 4 atom stereocenters. The van der Waals surface area contributed by atoms with Gasteiger partial charge in [0.05, 0.1) is 12.0 Å². The zero-order valence-electron chi connectivity index (χ0n) is 13.6. The Hall–Kier alpha value is -1.94. The van der Waals surface area contributed by atoms with Crippen LogP contribution in [-0.4, -0.2) is 74.9 Å². The van der Waals surface area contributed by atoms with Crippen LogP contribution in [0.25, 0.3) is 11.0 Å². The minimum atomic E-state index is -4.48. The van der Waals surface area contributed by atoms with Gasteiger partial charge in [0.1, 0.15) is 36.2 Å². The Morgan fingerprint density at radius 3 is 2.77 bits per heavy atom. The van der Waals surface area contributed by atoms with Gasteiger partial charge < -0.3 is 25.4 Å². The number of nitrogens with two attached hydrogens (primary N) is 1. The Labute approximate surface area is 147 Å². The van der Waals surface area contributed by atoms with Gasteiger partial charge in [-0.25, -0.2) is 14.6 Å². The van der Waals surface area contributed by atoms with Crippen molar-refractivity contribution in [3.05, 3.63) is 12.0 Å². The van der Waals surface area contributed by atoms with E-state index < -0.39 is 41.4 Å². The van der Waals surface area contributed by atoms with Crippen molar-refractivity contribution in [2.45, 2.75) is 31.1 Å². The van der Waals surface area contributed by atoms with E-state index in [1.54, 1.807) is 4.72 Å². The molecule has 26 heavy (non-hydrogen) atoms. The number of fused-ring (bicyclic) bond motifs is 1. The number of ether oxygens (including phenoxy) is 2. The number of nitrogen functional groups attached to an aromatic ring is 1. The lowest BCUT2D eigenvalue weighted by Gasteiger charge is -2.15. The zero-order chi connectivity index (χ0) is 19.1. The van der Waals surface area contributed by atoms with Crippen molar-refractivity contribution in [3.8, 4) is 0 Å². The Morgan fingerprint density at radius 1 is 1.38 bits per heavy atom. The van der Waals surface area contributed by atoms with Crippen LogP contribution < -0.4 is 10.5 Å². The molecule has 0 spiro atoms. The van der Waals surface area contributed by atoms with E-state index in [4.69, 9.17) is 19.8 Å². The molecule has 0 aliphatic carbocycles. The number of aromatic nitrogens is 4. The summed E-state index contributed by atoms with van der Waals surface area (Å²) in [5, 5.41) is 25.1. The number of methoxy groups -OCH3 is 1. The molecule has 2 aromatic rings. The van der Waals surface area contributed by atoms with Gasteiger partial charge in [-0.1, -0.05) is 0 Å². The summed E-state index contributed by atoms with van der Waals surface area (Å²) in [7, 11) is -3.01. The fraction of sp³-hybridized carbons (Fsp3) is 0.583. The summed E-state index contributed by atoms with van der Waals surface area (Å²) in [4.78, 5) is 7.98. The molecule has 1 saturated heterocycles. The van der Waals surface area contributed by atoms with Gasteiger partial charge in [0.15, 0.2) is 11.9 Å². The second-order valence-electron chi connectivity index (χ2n) is 5.65. The number of hydrogen-bond donors (Lipinski definition) is 5. The first-order valence-corrected chi connectivity index (χ1v) is 8.87. The average molecular weight is 390 g/mol. The molecular weight excluding hydrogens is 372 g/mol. The molecule has 2 aromatic heterocycles. The molecular formula is C12H18N6O7S. The van der Waals surface area contributed by atoms with Crippen LogP contribution >= 0.6 is 0 Å². The van der Waals surface area contributed by atoms with E-state index in [0.29, 0.717) is 11.1 Å². The lowest BCUT2D eigenvalue weighted by atomic mass is 10.1. The zero-order valence-corrected chi connectivity index (χ0v) is 14.4. The third-order valence-corrected chi connectivity index (χ3v) is 4.45. The first-order chi connectivity index (χ1) is 12.2. The van der Waals surface area contributed by atoms with Crippen LogP contribution in [0, 0.1) is 0 Å². The topological polar surface area (TPSA) is 195 Å². The van der Waals surface area contributed by atoms with E-state index in [1.807, 2.05) is 0 Å². The van der Waals surface area contributed by atoms with E-state index in [0.717, 1.165) is 0 Å². The largest absolute Gasteiger partial charge is 0.387 e. The number of nitrogens with zero attached hydrogens (tertiary/aromatic N) is 4. The first-order valence-electron chi connectivity index (χ1n) is 7.43. The average Bonchev–Trinajstić information content (AvgIpc) is 3.06. The fourth-order valence-corrected chi connectivity index (χ4v) is 3.14. The van der Waals surface area contributed by atoms with Crippen molar-refractivity contribution in [1.82, 2.24) is 24.5 Å². The molecule has 1 aliphatic rings. The van der Waals surface area contributed by atoms with Crippen LogP contribution in [0.4, 0.5) is 5.82 Å². The molecule has 14 heteroatoms. The van der Waals surface area contributed by atoms with Crippen molar-refractivity contribution in [2.75, 3.05) is 19.4 Å². The number of hydrogen-bond acceptors (Lipinski definition) is 10. The Bertz CT molecular complexity index is 903. The van der Waals surface area contributed by atoms with Gasteiger partial charge in [-0.2, -0.15) is 18.2 Å². The summed E-state index contributed by atoms with van der Waals surface area (Å²) in [6.45, 7) is -0.352. The fourth-order valence-electron chi connectivity index (χ4n) is 2.77. The number of aliphatic hydroxyl groups is 2. The third-order valence-electron chi connectivity index (χ3n) is 3.92. The van der Waals surface area contributed by atoms with Crippen molar-refractivity contribution in [3.63, 3.8) is 0 Å². The van der Waals surface area contributed by atoms with Crippen molar-refractivity contribution >= 4 is 27.2 Å². The SMILES string of the molecule is COCc1nn([C@@H]2O[C@H](CNS(=O)(=O)O)[C@@H](O)[C@H]2O)c2ncnc(N)c12. The highest BCUT2D eigenvalue weighted by molar-refractivity contribution is 7.83. The monoisotopic (exact) mass is 390 g/mol. The maximum absolute atomic E-state index is 10.8. The first kappa shape index (κ1) is 18.8. The molecule has 0 aromatic carbocycles. The van der Waals surface area contributed by atoms with E-state index in [9.17, 15) is 18.6 Å². The Balaban J connectivity index is 1.95. The molecule has 1 aliphatic heterocycles. The van der Waals surface area contributed by atoms with Crippen LogP contribution in [0.5, 0.6) is 0 Å². The second kappa shape index (κ2) is 6.99. The second-order valence-corrected chi connectivity index (χ2v) is 6.89. The van der Waals surface area contributed by atoms with Crippen LogP contribution in [-0.2, 0) is 26.4 Å². The normalized spacial score (nSPS) is 26.6. The Morgan fingerprint density at radius 2 is 2.12 bits per heavy atom. The molecule has 3 rings (SSSR count). The number of aliphatic hydroxyl groups excluding tert-OH is 2. The van der Waals surface area contributed by atoms with Gasteiger partial charge >= 0.3 is 10.3 Å². The van der Waals surface area contributed by atoms with Crippen molar-refractivity contribution < 1.29 is 32.7 Å². The van der Waals surface area contributed by atoms with Crippen LogP contribution in [0.3, 0.4) is 0 Å². The lowest BCUT2D eigenvalue weighted by Crippen LogP contribution is -2.39. The van der Waals surface area contributed by atoms with Gasteiger partial charge in [-0.15, -0.1) is 0 Å². The van der Waals surface area contributed by atoms with E-state index in [-0.39, 0.29) is 18.1 Å². The number of anilines is 1. The summed E-state index contributed by atoms with van der Waals surface area (Å²) in [5.41, 5.74) is 6.53. The minimum absolute atomic E-state index is 0.0974. The van der Waals surface area contributed by atoms with E-state index >= 15 is 0 Å². The molecule has 13 nitrogen and oxygen atoms in total. The van der Waals surface area contributed by atoms with Crippen LogP contribution in [0.15, 0.2) is 6.33 Å². The van der Waals surface area contributed by atoms with Crippen molar-refractivity contribution in [2.24, 2.45) is 0 Å². The number of nitrogens with one attached hydrogen (secondary N) is 1. The summed E-state index contributed by atoms with van der Waals surface area (Å²) in [6.07, 6.45) is -3.94. The van der Waals surface area contributed by atoms with Gasteiger partial charge in [-0.05, 0) is 0 Å². The lowest BCUT2D eigenvalue weighted by molar-refractivity contribution is -0.0406. The van der Waals surface area contributed by atoms with Crippen LogP contribution in [0.1, 0.15) is 11.9 Å². The van der Waals surface area contributed by atoms with Crippen molar-refractivity contribution in [1.29, 1.82) is 0 Å². The predicted molar refractivity (Wildman–Crippen MR) is 85.9 cm³/mol. The minimum Gasteiger partial charge on any atom is -0.387 e. The maximum Gasteiger partial charge on any atom is 0.333 e. The molecule has 1 fully saturated rings. The standard InChI is InChI=1S/C12H18N6O7S/c1-24-3-5-7-10(13)14-4-15-11(7)18(17-5)12-9(20)8(19)6(25-12)2-16-26(21,22)23/h4,6,8-9,12,16,19-20H,2-3H2,1H3,(H2,13,14,15)(H,21,22,23)/t6-,8-,9-,12-/m1/s1. The number of rotatable bonds is 6. The molecule has 144 valence electrons. The Kier molecular flexibility index (Phi) is 5.07. The van der Waals surface area contributed by atoms with Crippen LogP contribution in [0.2, 0.25) is 0 Å². The quantitative estimate of drug-likeness (QED) is 0.329. The highest BCUT2D eigenvalue weighted by Crippen LogP contribution is 2.33. The highest BCUT2D eigenvalue weighted by atomic mass is 32.2. The van der Waals surface area contributed by atoms with E-state index in [2.05, 4.69) is 15.1 Å². The molecule has 0 saturated carbocycles. The summed E-state index contributed by atoms with van der Waals surface area (Å²) < 4.78 is 44.0. The molecule has 3 heterocycles. The summed E-state index contributed by atoms with van der Waals surface area (Å²) in [6, 6.07) is 0. The molecule has 6 N–H and O–H groups in total.